The molecule has 7 heteroatoms. The Balaban J connectivity index is 1.20. The highest BCUT2D eigenvalue weighted by Gasteiger charge is 2.34. The maximum Gasteiger partial charge on any atom is 0.262 e. The SMILES string of the molecule is O=c1c2ccc(OC[C@@H]3CCCO3)cc2ccn1-c1ccc(O[C@H]2C[C@H]3CC[C@@H](C2)N3)c(Cl)c1. The van der Waals surface area contributed by atoms with E-state index in [1.807, 2.05) is 36.4 Å². The summed E-state index contributed by atoms with van der Waals surface area (Å²) in [6.07, 6.45) is 8.72. The van der Waals surface area contributed by atoms with Crippen molar-refractivity contribution in [3.05, 3.63) is 64.0 Å². The third-order valence-electron chi connectivity index (χ3n) is 7.25. The first-order chi connectivity index (χ1) is 16.6. The van der Waals surface area contributed by atoms with Crippen molar-refractivity contribution < 1.29 is 14.2 Å². The zero-order valence-corrected chi connectivity index (χ0v) is 19.8. The first-order valence-electron chi connectivity index (χ1n) is 12.2. The molecule has 0 saturated carbocycles. The molecule has 1 N–H and O–H groups in total. The van der Waals surface area contributed by atoms with Gasteiger partial charge in [0.1, 0.15) is 24.2 Å². The molecule has 3 saturated heterocycles. The number of nitrogens with zero attached hydrogens (tertiary/aromatic N) is 1. The van der Waals surface area contributed by atoms with Crippen LogP contribution in [0.2, 0.25) is 5.02 Å². The maximum absolute atomic E-state index is 13.2. The summed E-state index contributed by atoms with van der Waals surface area (Å²) in [5.41, 5.74) is 0.621. The Bertz CT molecular complexity index is 1240. The van der Waals surface area contributed by atoms with Crippen LogP contribution in [0.25, 0.3) is 16.5 Å². The van der Waals surface area contributed by atoms with E-state index in [2.05, 4.69) is 5.32 Å². The smallest absolute Gasteiger partial charge is 0.262 e. The number of fused-ring (bicyclic) bond motifs is 3. The summed E-state index contributed by atoms with van der Waals surface area (Å²) in [6.45, 7) is 1.34. The van der Waals surface area contributed by atoms with Crippen molar-refractivity contribution in [2.24, 2.45) is 0 Å². The maximum atomic E-state index is 13.2. The lowest BCUT2D eigenvalue weighted by Crippen LogP contribution is -2.42. The lowest BCUT2D eigenvalue weighted by Gasteiger charge is -2.29. The molecule has 178 valence electrons. The molecule has 0 radical (unpaired) electrons. The van der Waals surface area contributed by atoms with Crippen LogP contribution in [-0.2, 0) is 4.74 Å². The Hall–Kier alpha value is -2.54. The topological polar surface area (TPSA) is 61.7 Å². The zero-order valence-electron chi connectivity index (χ0n) is 19.0. The molecular formula is C27H29ClN2O4. The number of hydrogen-bond donors (Lipinski definition) is 1. The number of rotatable bonds is 6. The first-order valence-corrected chi connectivity index (χ1v) is 12.6. The van der Waals surface area contributed by atoms with Gasteiger partial charge in [-0.3, -0.25) is 9.36 Å². The van der Waals surface area contributed by atoms with E-state index >= 15 is 0 Å². The molecule has 0 unspecified atom stereocenters. The summed E-state index contributed by atoms with van der Waals surface area (Å²) in [6, 6.07) is 14.2. The van der Waals surface area contributed by atoms with Crippen LogP contribution in [0, 0.1) is 0 Å². The van der Waals surface area contributed by atoms with Crippen molar-refractivity contribution in [3.63, 3.8) is 0 Å². The van der Waals surface area contributed by atoms with Crippen molar-refractivity contribution in [2.75, 3.05) is 13.2 Å². The lowest BCUT2D eigenvalue weighted by molar-refractivity contribution is 0.0680. The summed E-state index contributed by atoms with van der Waals surface area (Å²) >= 11 is 6.58. The standard InChI is InChI=1S/C27H29ClN2O4/c28-25-15-20(5-8-26(25)34-23-13-18-3-4-19(14-23)29-18)30-10-9-17-12-21(6-7-24(17)27(30)31)33-16-22-2-1-11-32-22/h5-10,12,15,18-19,22-23,29H,1-4,11,13-14,16H2/t18-,19+,22-,23+/m0/s1. The average Bonchev–Trinajstić information content (AvgIpc) is 3.48. The molecule has 0 spiro atoms. The highest BCUT2D eigenvalue weighted by atomic mass is 35.5. The summed E-state index contributed by atoms with van der Waals surface area (Å²) in [5.74, 6) is 1.43. The molecule has 2 aromatic carbocycles. The molecule has 3 aliphatic heterocycles. The first kappa shape index (κ1) is 22.0. The van der Waals surface area contributed by atoms with Crippen LogP contribution in [0.3, 0.4) is 0 Å². The number of benzene rings is 2. The Labute approximate surface area is 203 Å². The van der Waals surface area contributed by atoms with Gasteiger partial charge in [-0.05, 0) is 86.4 Å². The average molecular weight is 481 g/mol. The molecule has 3 aromatic rings. The minimum atomic E-state index is -0.0946. The number of ether oxygens (including phenoxy) is 3. The molecule has 6 rings (SSSR count). The van der Waals surface area contributed by atoms with Gasteiger partial charge in [0, 0.05) is 30.3 Å². The Kier molecular flexibility index (Phi) is 5.97. The third kappa shape index (κ3) is 4.42. The fraction of sp³-hybridized carbons (Fsp3) is 0.444. The molecule has 4 heterocycles. The Morgan fingerprint density at radius 3 is 2.68 bits per heavy atom. The van der Waals surface area contributed by atoms with Crippen molar-refractivity contribution in [1.82, 2.24) is 9.88 Å². The van der Waals surface area contributed by atoms with Crippen molar-refractivity contribution in [2.45, 2.75) is 62.8 Å². The summed E-state index contributed by atoms with van der Waals surface area (Å²) < 4.78 is 19.4. The lowest BCUT2D eigenvalue weighted by atomic mass is 10.0. The van der Waals surface area contributed by atoms with E-state index in [1.54, 1.807) is 16.8 Å². The van der Waals surface area contributed by atoms with Crippen LogP contribution < -0.4 is 20.3 Å². The van der Waals surface area contributed by atoms with Gasteiger partial charge >= 0.3 is 0 Å². The summed E-state index contributed by atoms with van der Waals surface area (Å²) in [7, 11) is 0. The van der Waals surface area contributed by atoms with Gasteiger partial charge in [0.15, 0.2) is 0 Å². The third-order valence-corrected chi connectivity index (χ3v) is 7.55. The molecular weight excluding hydrogens is 452 g/mol. The van der Waals surface area contributed by atoms with E-state index in [0.717, 1.165) is 43.4 Å². The number of piperidine rings is 1. The second-order valence-corrected chi connectivity index (χ2v) is 10.1. The largest absolute Gasteiger partial charge is 0.491 e. The van der Waals surface area contributed by atoms with Gasteiger partial charge in [-0.25, -0.2) is 0 Å². The molecule has 6 nitrogen and oxygen atoms in total. The zero-order chi connectivity index (χ0) is 23.1. The second kappa shape index (κ2) is 9.25. The van der Waals surface area contributed by atoms with Crippen molar-refractivity contribution >= 4 is 22.4 Å². The number of halogens is 1. The van der Waals surface area contributed by atoms with E-state index in [4.69, 9.17) is 25.8 Å². The highest BCUT2D eigenvalue weighted by molar-refractivity contribution is 6.32. The molecule has 0 amide bonds. The molecule has 34 heavy (non-hydrogen) atoms. The predicted octanol–water partition coefficient (Wildman–Crippen LogP) is 4.86. The molecule has 0 aliphatic carbocycles. The number of pyridine rings is 1. The number of aromatic nitrogens is 1. The van der Waals surface area contributed by atoms with Gasteiger partial charge in [-0.1, -0.05) is 11.6 Å². The Morgan fingerprint density at radius 2 is 1.91 bits per heavy atom. The van der Waals surface area contributed by atoms with Crippen molar-refractivity contribution in [1.29, 1.82) is 0 Å². The fourth-order valence-electron chi connectivity index (χ4n) is 5.50. The van der Waals surface area contributed by atoms with Gasteiger partial charge in [0.25, 0.3) is 5.56 Å². The molecule has 4 atom stereocenters. The highest BCUT2D eigenvalue weighted by Crippen LogP contribution is 2.33. The van der Waals surface area contributed by atoms with E-state index in [9.17, 15) is 4.79 Å². The summed E-state index contributed by atoms with van der Waals surface area (Å²) in [4.78, 5) is 13.2. The van der Waals surface area contributed by atoms with Crippen LogP contribution in [0.4, 0.5) is 0 Å². The minimum absolute atomic E-state index is 0.0946. The quantitative estimate of drug-likeness (QED) is 0.545. The molecule has 3 aliphatic rings. The number of hydrogen-bond acceptors (Lipinski definition) is 5. The van der Waals surface area contributed by atoms with E-state index in [-0.39, 0.29) is 17.8 Å². The van der Waals surface area contributed by atoms with E-state index < -0.39 is 0 Å². The second-order valence-electron chi connectivity index (χ2n) is 9.65. The van der Waals surface area contributed by atoms with Crippen LogP contribution >= 0.6 is 11.6 Å². The van der Waals surface area contributed by atoms with E-state index in [1.165, 1.54) is 12.8 Å². The van der Waals surface area contributed by atoms with E-state index in [0.29, 0.717) is 40.5 Å². The fourth-order valence-corrected chi connectivity index (χ4v) is 5.72. The van der Waals surface area contributed by atoms with Gasteiger partial charge in [0.2, 0.25) is 0 Å². The van der Waals surface area contributed by atoms with Gasteiger partial charge in [-0.15, -0.1) is 0 Å². The summed E-state index contributed by atoms with van der Waals surface area (Å²) in [5, 5.41) is 5.63. The van der Waals surface area contributed by atoms with Crippen LogP contribution in [0.5, 0.6) is 11.5 Å². The van der Waals surface area contributed by atoms with Crippen molar-refractivity contribution in [3.8, 4) is 17.2 Å². The van der Waals surface area contributed by atoms with Gasteiger partial charge in [-0.2, -0.15) is 0 Å². The molecule has 1 aromatic heterocycles. The molecule has 3 fully saturated rings. The van der Waals surface area contributed by atoms with Gasteiger partial charge in [0.05, 0.1) is 16.8 Å². The number of nitrogens with one attached hydrogen (secondary N) is 1. The monoisotopic (exact) mass is 480 g/mol. The normalized spacial score (nSPS) is 26.1. The van der Waals surface area contributed by atoms with Crippen LogP contribution in [-0.4, -0.2) is 42.1 Å². The van der Waals surface area contributed by atoms with Crippen LogP contribution in [0.1, 0.15) is 38.5 Å². The minimum Gasteiger partial charge on any atom is -0.491 e. The molecule has 2 bridgehead atoms. The Morgan fingerprint density at radius 1 is 1.06 bits per heavy atom. The van der Waals surface area contributed by atoms with Gasteiger partial charge < -0.3 is 19.5 Å². The predicted molar refractivity (Wildman–Crippen MR) is 133 cm³/mol. The van der Waals surface area contributed by atoms with Crippen LogP contribution in [0.15, 0.2) is 53.5 Å².